The molecule has 1 aromatic carbocycles. The summed E-state index contributed by atoms with van der Waals surface area (Å²) >= 11 is 1.20. The van der Waals surface area contributed by atoms with Crippen LogP contribution in [0.2, 0.25) is 0 Å². The maximum atomic E-state index is 13.5. The van der Waals surface area contributed by atoms with E-state index in [-0.39, 0.29) is 37.8 Å². The molecule has 0 spiro atoms. The number of carbonyl (C=O) groups excluding carboxylic acids is 3. The van der Waals surface area contributed by atoms with E-state index < -0.39 is 33.0 Å². The molecule has 2 heterocycles. The maximum absolute atomic E-state index is 13.5. The van der Waals surface area contributed by atoms with Gasteiger partial charge in [-0.25, -0.2) is 18.7 Å². The van der Waals surface area contributed by atoms with Crippen molar-refractivity contribution in [2.75, 3.05) is 44.5 Å². The van der Waals surface area contributed by atoms with Crippen LogP contribution < -0.4 is 10.8 Å². The van der Waals surface area contributed by atoms with Gasteiger partial charge in [0.15, 0.2) is 9.84 Å². The molecular formula is C23H29N3O8S2. The van der Waals surface area contributed by atoms with Crippen LogP contribution in [-0.4, -0.2) is 75.6 Å². The van der Waals surface area contributed by atoms with Crippen LogP contribution in [0.4, 0.5) is 10.5 Å². The summed E-state index contributed by atoms with van der Waals surface area (Å²) in [6.45, 7) is 2.13. The minimum atomic E-state index is -3.94. The number of methoxy groups -OCH3 is 1. The smallest absolute Gasteiger partial charge is 0.409 e. The van der Waals surface area contributed by atoms with Crippen LogP contribution in [0.1, 0.15) is 24.6 Å². The number of rotatable bonds is 8. The standard InChI is InChI=1S/C23H29N3O8S2/c1-3-34-15-21(28)24-17-6-4-5-16(13-17)18-7-8-19(35-18)23(14-20(27)25-30)9-10-26(22(29)33-2)11-12-36(23,31)32/h4-8,13,30H,3,9-12,14-15H2,1-2H3,(H,24,28)(H,25,27)/t23-/m0/s1. The number of sulfone groups is 1. The van der Waals surface area contributed by atoms with Crippen LogP contribution in [0.5, 0.6) is 0 Å². The Balaban J connectivity index is 1.97. The molecule has 11 nitrogen and oxygen atoms in total. The summed E-state index contributed by atoms with van der Waals surface area (Å²) in [4.78, 5) is 38.8. The Kier molecular flexibility index (Phi) is 9.06. The van der Waals surface area contributed by atoms with Gasteiger partial charge in [-0.15, -0.1) is 11.3 Å². The summed E-state index contributed by atoms with van der Waals surface area (Å²) in [5.41, 5.74) is 2.83. The third kappa shape index (κ3) is 6.03. The molecule has 1 aromatic heterocycles. The third-order valence-electron chi connectivity index (χ3n) is 5.94. The summed E-state index contributed by atoms with van der Waals surface area (Å²) in [5, 5.41) is 11.9. The number of nitrogens with zero attached hydrogens (tertiary/aromatic N) is 1. The first kappa shape index (κ1) is 27.6. The maximum Gasteiger partial charge on any atom is 0.409 e. The first-order valence-corrected chi connectivity index (χ1v) is 13.7. The van der Waals surface area contributed by atoms with E-state index in [2.05, 4.69) is 5.32 Å². The van der Waals surface area contributed by atoms with Gasteiger partial charge in [-0.1, -0.05) is 12.1 Å². The molecule has 1 fully saturated rings. The molecule has 1 saturated heterocycles. The van der Waals surface area contributed by atoms with Crippen molar-refractivity contribution in [1.29, 1.82) is 0 Å². The molecule has 1 atom stereocenters. The van der Waals surface area contributed by atoms with Crippen molar-refractivity contribution in [1.82, 2.24) is 10.4 Å². The number of hydroxylamine groups is 1. The lowest BCUT2D eigenvalue weighted by Crippen LogP contribution is -2.41. The Morgan fingerprint density at radius 3 is 2.64 bits per heavy atom. The van der Waals surface area contributed by atoms with Gasteiger partial charge in [0.25, 0.3) is 0 Å². The van der Waals surface area contributed by atoms with E-state index >= 15 is 0 Å². The molecule has 0 bridgehead atoms. The van der Waals surface area contributed by atoms with Crippen LogP contribution in [0.25, 0.3) is 10.4 Å². The molecular weight excluding hydrogens is 510 g/mol. The number of anilines is 1. The Morgan fingerprint density at radius 1 is 1.17 bits per heavy atom. The highest BCUT2D eigenvalue weighted by Gasteiger charge is 2.50. The fourth-order valence-electron chi connectivity index (χ4n) is 4.06. The first-order valence-electron chi connectivity index (χ1n) is 11.2. The van der Waals surface area contributed by atoms with Gasteiger partial charge < -0.3 is 19.7 Å². The minimum absolute atomic E-state index is 0.0503. The highest BCUT2D eigenvalue weighted by atomic mass is 32.2. The summed E-state index contributed by atoms with van der Waals surface area (Å²) in [6, 6.07) is 10.5. The van der Waals surface area contributed by atoms with Gasteiger partial charge >= 0.3 is 6.09 Å². The van der Waals surface area contributed by atoms with Crippen LogP contribution in [0.15, 0.2) is 36.4 Å². The second-order valence-corrected chi connectivity index (χ2v) is 11.7. The van der Waals surface area contributed by atoms with Crippen LogP contribution in [0, 0.1) is 0 Å². The molecule has 1 aliphatic rings. The molecule has 0 saturated carbocycles. The van der Waals surface area contributed by atoms with E-state index in [0.29, 0.717) is 17.2 Å². The van der Waals surface area contributed by atoms with Crippen molar-refractivity contribution in [3.63, 3.8) is 0 Å². The summed E-state index contributed by atoms with van der Waals surface area (Å²) in [6.07, 6.45) is -1.21. The molecule has 3 rings (SSSR count). The Hall–Kier alpha value is -3.00. The number of carbonyl (C=O) groups is 3. The molecule has 3 N–H and O–H groups in total. The number of hydrogen-bond acceptors (Lipinski definition) is 9. The average molecular weight is 540 g/mol. The van der Waals surface area contributed by atoms with E-state index in [4.69, 9.17) is 14.7 Å². The van der Waals surface area contributed by atoms with Gasteiger partial charge in [0.2, 0.25) is 11.8 Å². The predicted octanol–water partition coefficient (Wildman–Crippen LogP) is 2.37. The van der Waals surface area contributed by atoms with Crippen molar-refractivity contribution < 1.29 is 37.5 Å². The van der Waals surface area contributed by atoms with Gasteiger partial charge in [-0.05, 0) is 43.2 Å². The minimum Gasteiger partial charge on any atom is -0.453 e. The van der Waals surface area contributed by atoms with Crippen molar-refractivity contribution in [3.8, 4) is 10.4 Å². The number of thiophene rings is 1. The molecule has 13 heteroatoms. The third-order valence-corrected chi connectivity index (χ3v) is 9.88. The SMILES string of the molecule is CCOCC(=O)Nc1cccc(-c2ccc([C@@]3(CC(=O)NO)CCN(C(=O)OC)CCS3(=O)=O)s2)c1. The topological polar surface area (TPSA) is 151 Å². The zero-order chi connectivity index (χ0) is 26.3. The molecule has 1 aliphatic heterocycles. The Labute approximate surface area is 213 Å². The van der Waals surface area contributed by atoms with E-state index in [1.807, 2.05) is 6.07 Å². The monoisotopic (exact) mass is 539 g/mol. The molecule has 2 aromatic rings. The van der Waals surface area contributed by atoms with Crippen molar-refractivity contribution >= 4 is 44.8 Å². The van der Waals surface area contributed by atoms with Crippen molar-refractivity contribution in [3.05, 3.63) is 41.3 Å². The summed E-state index contributed by atoms with van der Waals surface area (Å²) < 4.78 is 35.3. The van der Waals surface area contributed by atoms with E-state index in [0.717, 1.165) is 10.4 Å². The summed E-state index contributed by atoms with van der Waals surface area (Å²) in [7, 11) is -2.72. The highest BCUT2D eigenvalue weighted by molar-refractivity contribution is 7.92. The molecule has 196 valence electrons. The molecule has 3 amide bonds. The second-order valence-electron chi connectivity index (χ2n) is 8.16. The fraction of sp³-hybridized carbons (Fsp3) is 0.435. The molecule has 36 heavy (non-hydrogen) atoms. The van der Waals surface area contributed by atoms with E-state index in [1.165, 1.54) is 28.8 Å². The van der Waals surface area contributed by atoms with Gasteiger partial charge in [-0.2, -0.15) is 0 Å². The normalized spacial score (nSPS) is 19.2. The fourth-order valence-corrected chi connectivity index (χ4v) is 7.66. The number of nitrogens with one attached hydrogen (secondary N) is 2. The zero-order valence-corrected chi connectivity index (χ0v) is 21.6. The van der Waals surface area contributed by atoms with Crippen LogP contribution in [-0.2, 0) is 33.6 Å². The number of ether oxygens (including phenoxy) is 2. The molecule has 0 aliphatic carbocycles. The van der Waals surface area contributed by atoms with E-state index in [9.17, 15) is 22.8 Å². The predicted molar refractivity (Wildman–Crippen MR) is 133 cm³/mol. The van der Waals surface area contributed by atoms with Crippen molar-refractivity contribution in [2.24, 2.45) is 0 Å². The zero-order valence-electron chi connectivity index (χ0n) is 20.0. The number of benzene rings is 1. The second kappa shape index (κ2) is 11.8. The lowest BCUT2D eigenvalue weighted by molar-refractivity contribution is -0.130. The Morgan fingerprint density at radius 2 is 1.94 bits per heavy atom. The van der Waals surface area contributed by atoms with Gasteiger partial charge in [0.05, 0.1) is 19.3 Å². The number of amides is 3. The molecule has 0 radical (unpaired) electrons. The first-order chi connectivity index (χ1) is 17.2. The average Bonchev–Trinajstić information content (AvgIpc) is 3.32. The largest absolute Gasteiger partial charge is 0.453 e. The molecule has 0 unspecified atom stereocenters. The van der Waals surface area contributed by atoms with Gasteiger partial charge in [0.1, 0.15) is 11.4 Å². The lowest BCUT2D eigenvalue weighted by atomic mass is 9.97. The van der Waals surface area contributed by atoms with Crippen molar-refractivity contribution in [2.45, 2.75) is 24.5 Å². The van der Waals surface area contributed by atoms with Crippen LogP contribution in [0.3, 0.4) is 0 Å². The summed E-state index contributed by atoms with van der Waals surface area (Å²) in [5.74, 6) is -1.51. The van der Waals surface area contributed by atoms with Gasteiger partial charge in [0, 0.05) is 35.1 Å². The lowest BCUT2D eigenvalue weighted by Gasteiger charge is -2.30. The van der Waals surface area contributed by atoms with E-state index in [1.54, 1.807) is 37.3 Å². The van der Waals surface area contributed by atoms with Gasteiger partial charge in [-0.3, -0.25) is 14.8 Å². The Bertz CT molecular complexity index is 1210. The quantitative estimate of drug-likeness (QED) is 0.342. The highest BCUT2D eigenvalue weighted by Crippen LogP contribution is 2.45. The number of hydrogen-bond donors (Lipinski definition) is 3. The van der Waals surface area contributed by atoms with Crippen LogP contribution >= 0.6 is 11.3 Å².